The number of esters is 1. The minimum atomic E-state index is -0.713. The number of hydrogen-bond acceptors (Lipinski definition) is 6. The Bertz CT molecular complexity index is 1350. The van der Waals surface area contributed by atoms with Crippen LogP contribution >= 0.6 is 0 Å². The number of ketones is 1. The molecule has 2 amide bonds. The van der Waals surface area contributed by atoms with Crippen LogP contribution < -0.4 is 4.90 Å². The topological polar surface area (TPSA) is 94.9 Å². The molecule has 0 bridgehead atoms. The SMILES string of the molecule is Cc1cc(C(=O)COC(=O)c2cccc(N3C(=O)c4ccccc4C3=O)c2)c(C)n1CC1CCCO1. The van der Waals surface area contributed by atoms with Crippen LogP contribution in [0.3, 0.4) is 0 Å². The van der Waals surface area contributed by atoms with Crippen molar-refractivity contribution in [2.24, 2.45) is 0 Å². The molecule has 3 heterocycles. The standard InChI is InChI=1S/C28H26N2O6/c1-17-13-24(18(2)29(17)15-21-9-6-12-35-21)25(31)16-36-28(34)19-7-5-8-20(14-19)30-26(32)22-10-3-4-11-23(22)27(30)33/h3-5,7-8,10-11,13-14,21H,6,9,12,15-16H2,1-2H3. The van der Waals surface area contributed by atoms with Crippen molar-refractivity contribution in [2.75, 3.05) is 18.1 Å². The molecule has 1 unspecified atom stereocenters. The number of ether oxygens (including phenoxy) is 2. The van der Waals surface area contributed by atoms with Gasteiger partial charge in [-0.25, -0.2) is 9.69 Å². The molecule has 8 heteroatoms. The van der Waals surface area contributed by atoms with E-state index in [4.69, 9.17) is 9.47 Å². The molecule has 36 heavy (non-hydrogen) atoms. The van der Waals surface area contributed by atoms with Crippen LogP contribution in [0.4, 0.5) is 5.69 Å². The number of fused-ring (bicyclic) bond motifs is 1. The number of imide groups is 1. The molecule has 0 saturated carbocycles. The van der Waals surface area contributed by atoms with Crippen LogP contribution in [-0.2, 0) is 16.0 Å². The highest BCUT2D eigenvalue weighted by Crippen LogP contribution is 2.29. The lowest BCUT2D eigenvalue weighted by Gasteiger charge is -2.15. The van der Waals surface area contributed by atoms with E-state index >= 15 is 0 Å². The first-order valence-corrected chi connectivity index (χ1v) is 11.9. The van der Waals surface area contributed by atoms with Gasteiger partial charge in [0.15, 0.2) is 6.61 Å². The van der Waals surface area contributed by atoms with Crippen molar-refractivity contribution in [3.8, 4) is 0 Å². The third-order valence-corrected chi connectivity index (χ3v) is 6.75. The first-order chi connectivity index (χ1) is 17.3. The summed E-state index contributed by atoms with van der Waals surface area (Å²) in [5.41, 5.74) is 3.32. The summed E-state index contributed by atoms with van der Waals surface area (Å²) >= 11 is 0. The molecular weight excluding hydrogens is 460 g/mol. The normalized spacial score (nSPS) is 16.9. The molecule has 2 aliphatic heterocycles. The first-order valence-electron chi connectivity index (χ1n) is 11.9. The van der Waals surface area contributed by atoms with Crippen molar-refractivity contribution in [3.63, 3.8) is 0 Å². The van der Waals surface area contributed by atoms with Crippen LogP contribution in [0.25, 0.3) is 0 Å². The smallest absolute Gasteiger partial charge is 0.338 e. The molecule has 8 nitrogen and oxygen atoms in total. The van der Waals surface area contributed by atoms with Gasteiger partial charge in [-0.2, -0.15) is 0 Å². The summed E-state index contributed by atoms with van der Waals surface area (Å²) in [6.45, 7) is 4.85. The molecule has 0 aliphatic carbocycles. The van der Waals surface area contributed by atoms with Gasteiger partial charge in [-0.3, -0.25) is 14.4 Å². The lowest BCUT2D eigenvalue weighted by molar-refractivity contribution is 0.0474. The van der Waals surface area contributed by atoms with Gasteiger partial charge >= 0.3 is 5.97 Å². The maximum atomic E-state index is 12.9. The number of nitrogens with zero attached hydrogens (tertiary/aromatic N) is 2. The number of amides is 2. The number of Topliss-reactive ketones (excluding diaryl/α,β-unsaturated/α-hetero) is 1. The Labute approximate surface area is 208 Å². The van der Waals surface area contributed by atoms with E-state index in [0.29, 0.717) is 23.2 Å². The Morgan fingerprint density at radius 3 is 2.39 bits per heavy atom. The molecule has 5 rings (SSSR count). The van der Waals surface area contributed by atoms with Crippen molar-refractivity contribution in [3.05, 3.63) is 88.2 Å². The fourth-order valence-corrected chi connectivity index (χ4v) is 4.84. The summed E-state index contributed by atoms with van der Waals surface area (Å²) in [5, 5.41) is 0. The fourth-order valence-electron chi connectivity index (χ4n) is 4.84. The van der Waals surface area contributed by atoms with E-state index in [1.165, 1.54) is 12.1 Å². The number of rotatable bonds is 7. The maximum Gasteiger partial charge on any atom is 0.338 e. The molecule has 1 aromatic heterocycles. The van der Waals surface area contributed by atoms with Gasteiger partial charge in [0.25, 0.3) is 11.8 Å². The Kier molecular flexibility index (Phi) is 6.28. The number of aryl methyl sites for hydroxylation is 1. The molecule has 0 N–H and O–H groups in total. The minimum Gasteiger partial charge on any atom is -0.454 e. The van der Waals surface area contributed by atoms with Gasteiger partial charge < -0.3 is 14.0 Å². The molecular formula is C28H26N2O6. The molecule has 1 saturated heterocycles. The highest BCUT2D eigenvalue weighted by Gasteiger charge is 2.36. The molecule has 0 spiro atoms. The summed E-state index contributed by atoms with van der Waals surface area (Å²) in [7, 11) is 0. The Morgan fingerprint density at radius 1 is 1.00 bits per heavy atom. The van der Waals surface area contributed by atoms with Crippen LogP contribution in [-0.4, -0.2) is 47.5 Å². The number of carbonyl (C=O) groups is 4. The fraction of sp³-hybridized carbons (Fsp3) is 0.286. The molecule has 3 aromatic rings. The number of benzene rings is 2. The van der Waals surface area contributed by atoms with E-state index in [0.717, 1.165) is 35.7 Å². The predicted octanol–water partition coefficient (Wildman–Crippen LogP) is 4.12. The van der Waals surface area contributed by atoms with Gasteiger partial charge in [-0.15, -0.1) is 0 Å². The van der Waals surface area contributed by atoms with Gasteiger partial charge in [0.2, 0.25) is 5.78 Å². The van der Waals surface area contributed by atoms with Crippen molar-refractivity contribution < 1.29 is 28.7 Å². The third kappa shape index (κ3) is 4.24. The van der Waals surface area contributed by atoms with Gasteiger partial charge in [-0.1, -0.05) is 18.2 Å². The Morgan fingerprint density at radius 2 is 1.72 bits per heavy atom. The van der Waals surface area contributed by atoms with E-state index in [1.807, 2.05) is 19.9 Å². The predicted molar refractivity (Wildman–Crippen MR) is 132 cm³/mol. The quantitative estimate of drug-likeness (QED) is 0.283. The largest absolute Gasteiger partial charge is 0.454 e. The van der Waals surface area contributed by atoms with E-state index in [1.54, 1.807) is 36.4 Å². The zero-order chi connectivity index (χ0) is 25.4. The monoisotopic (exact) mass is 486 g/mol. The lowest BCUT2D eigenvalue weighted by Crippen LogP contribution is -2.29. The van der Waals surface area contributed by atoms with Gasteiger partial charge in [-0.05, 0) is 63.1 Å². The van der Waals surface area contributed by atoms with E-state index in [9.17, 15) is 19.2 Å². The van der Waals surface area contributed by atoms with Gasteiger partial charge in [0.1, 0.15) is 0 Å². The number of anilines is 1. The van der Waals surface area contributed by atoms with E-state index < -0.39 is 24.4 Å². The lowest BCUT2D eigenvalue weighted by atomic mass is 10.1. The third-order valence-electron chi connectivity index (χ3n) is 6.75. The van der Waals surface area contributed by atoms with E-state index in [2.05, 4.69) is 4.57 Å². The van der Waals surface area contributed by atoms with Gasteiger partial charge in [0, 0.05) is 30.1 Å². The molecule has 1 atom stereocenters. The van der Waals surface area contributed by atoms with Crippen LogP contribution in [0.15, 0.2) is 54.6 Å². The van der Waals surface area contributed by atoms with Crippen LogP contribution in [0, 0.1) is 13.8 Å². The second-order valence-corrected chi connectivity index (χ2v) is 9.07. The summed E-state index contributed by atoms with van der Waals surface area (Å²) in [6, 6.07) is 14.5. The summed E-state index contributed by atoms with van der Waals surface area (Å²) in [6.07, 6.45) is 2.18. The average Bonchev–Trinajstić information content (AvgIpc) is 3.57. The van der Waals surface area contributed by atoms with Crippen molar-refractivity contribution in [1.82, 2.24) is 4.57 Å². The summed E-state index contributed by atoms with van der Waals surface area (Å²) in [5.74, 6) is -1.91. The van der Waals surface area contributed by atoms with Crippen molar-refractivity contribution >= 4 is 29.3 Å². The van der Waals surface area contributed by atoms with Crippen LogP contribution in [0.2, 0.25) is 0 Å². The van der Waals surface area contributed by atoms with E-state index in [-0.39, 0.29) is 23.1 Å². The number of hydrogen-bond donors (Lipinski definition) is 0. The molecule has 0 radical (unpaired) electrons. The number of carbonyl (C=O) groups excluding carboxylic acids is 4. The van der Waals surface area contributed by atoms with Crippen LogP contribution in [0.5, 0.6) is 0 Å². The molecule has 1 fully saturated rings. The highest BCUT2D eigenvalue weighted by atomic mass is 16.5. The second kappa shape index (κ2) is 9.54. The summed E-state index contributed by atoms with van der Waals surface area (Å²) < 4.78 is 13.1. The Balaban J connectivity index is 1.27. The van der Waals surface area contributed by atoms with Gasteiger partial charge in [0.05, 0.1) is 28.5 Å². The van der Waals surface area contributed by atoms with Crippen molar-refractivity contribution in [2.45, 2.75) is 39.3 Å². The second-order valence-electron chi connectivity index (χ2n) is 9.07. The molecule has 2 aliphatic rings. The maximum absolute atomic E-state index is 12.9. The molecule has 2 aromatic carbocycles. The van der Waals surface area contributed by atoms with Crippen molar-refractivity contribution in [1.29, 1.82) is 0 Å². The minimum absolute atomic E-state index is 0.140. The zero-order valence-corrected chi connectivity index (χ0v) is 20.2. The Hall–Kier alpha value is -4.04. The van der Waals surface area contributed by atoms with Crippen LogP contribution in [0.1, 0.15) is 65.7 Å². The average molecular weight is 487 g/mol. The highest BCUT2D eigenvalue weighted by molar-refractivity contribution is 6.34. The number of aromatic nitrogens is 1. The first kappa shape index (κ1) is 23.7. The zero-order valence-electron chi connectivity index (χ0n) is 20.2. The summed E-state index contributed by atoms with van der Waals surface area (Å²) in [4.78, 5) is 52.2. The molecule has 184 valence electrons.